The quantitative estimate of drug-likeness (QED) is 0.855. The first kappa shape index (κ1) is 12.4. The second-order valence-corrected chi connectivity index (χ2v) is 6.12. The van der Waals surface area contributed by atoms with Gasteiger partial charge in [0.05, 0.1) is 6.20 Å². The molecule has 1 saturated carbocycles. The number of rotatable bonds is 4. The summed E-state index contributed by atoms with van der Waals surface area (Å²) in [6, 6.07) is 1.70. The monoisotopic (exact) mass is 258 g/mol. The molecular formula is C10H18N4O2S. The fraction of sp³-hybridized carbons (Fsp3) is 0.700. The fourth-order valence-electron chi connectivity index (χ4n) is 2.16. The third-order valence-electron chi connectivity index (χ3n) is 3.21. The number of aromatic amines is 1. The van der Waals surface area contributed by atoms with E-state index in [1.54, 1.807) is 13.1 Å². The Kier molecular flexibility index (Phi) is 3.68. The van der Waals surface area contributed by atoms with E-state index >= 15 is 0 Å². The Morgan fingerprint density at radius 1 is 1.41 bits per heavy atom. The summed E-state index contributed by atoms with van der Waals surface area (Å²) in [6.45, 7) is 0. The Balaban J connectivity index is 2.03. The van der Waals surface area contributed by atoms with Crippen molar-refractivity contribution in [3.05, 3.63) is 12.3 Å². The molecule has 1 aliphatic rings. The number of H-pyrrole nitrogens is 1. The summed E-state index contributed by atoms with van der Waals surface area (Å²) in [5.74, 6) is 0.396. The molecule has 0 bridgehead atoms. The number of hydrogen-bond donors (Lipinski definition) is 2. The largest absolute Gasteiger partial charge is 0.302 e. The van der Waals surface area contributed by atoms with Crippen molar-refractivity contribution in [3.63, 3.8) is 0 Å². The van der Waals surface area contributed by atoms with Gasteiger partial charge in [-0.15, -0.1) is 0 Å². The van der Waals surface area contributed by atoms with Crippen LogP contribution >= 0.6 is 0 Å². The van der Waals surface area contributed by atoms with Crippen LogP contribution in [0.4, 0.5) is 5.82 Å². The van der Waals surface area contributed by atoms with Gasteiger partial charge in [-0.25, -0.2) is 0 Å². The van der Waals surface area contributed by atoms with Crippen LogP contribution in [0.1, 0.15) is 32.1 Å². The van der Waals surface area contributed by atoms with Crippen molar-refractivity contribution in [2.75, 3.05) is 11.8 Å². The van der Waals surface area contributed by atoms with Gasteiger partial charge in [0.25, 0.3) is 0 Å². The molecule has 1 aromatic heterocycles. The van der Waals surface area contributed by atoms with E-state index in [-0.39, 0.29) is 6.04 Å². The third-order valence-corrected chi connectivity index (χ3v) is 4.74. The second kappa shape index (κ2) is 5.05. The van der Waals surface area contributed by atoms with Crippen molar-refractivity contribution in [1.82, 2.24) is 14.5 Å². The molecule has 17 heavy (non-hydrogen) atoms. The van der Waals surface area contributed by atoms with Crippen LogP contribution in [0.3, 0.4) is 0 Å². The average Bonchev–Trinajstić information content (AvgIpc) is 2.81. The highest BCUT2D eigenvalue weighted by Gasteiger charge is 2.27. The van der Waals surface area contributed by atoms with Gasteiger partial charge in [-0.05, 0) is 12.8 Å². The standard InChI is InChI=1S/C10H18N4O2S/c1-14(9-5-3-2-4-6-9)17(15,16)13-10-7-8-11-12-10/h7-9H,2-6H2,1H3,(H2,11,12,13). The first-order valence-corrected chi connectivity index (χ1v) is 7.29. The fourth-order valence-corrected chi connectivity index (χ4v) is 3.30. The highest BCUT2D eigenvalue weighted by atomic mass is 32.2. The molecule has 0 unspecified atom stereocenters. The maximum absolute atomic E-state index is 12.1. The van der Waals surface area contributed by atoms with Crippen LogP contribution in [0.15, 0.2) is 12.3 Å². The van der Waals surface area contributed by atoms with Crippen molar-refractivity contribution in [1.29, 1.82) is 0 Å². The van der Waals surface area contributed by atoms with Gasteiger partial charge in [0.2, 0.25) is 0 Å². The number of aromatic nitrogens is 2. The SMILES string of the molecule is CN(C1CCCCC1)S(=O)(=O)Nc1ccn[nH]1. The molecule has 2 rings (SSSR count). The van der Waals surface area contributed by atoms with Crippen molar-refractivity contribution in [2.24, 2.45) is 0 Å². The molecule has 0 atom stereocenters. The Bertz CT molecular complexity index is 437. The minimum atomic E-state index is -3.47. The van der Waals surface area contributed by atoms with Gasteiger partial charge in [-0.2, -0.15) is 17.8 Å². The lowest BCUT2D eigenvalue weighted by Gasteiger charge is -2.30. The zero-order valence-electron chi connectivity index (χ0n) is 9.89. The average molecular weight is 258 g/mol. The molecule has 2 N–H and O–H groups in total. The van der Waals surface area contributed by atoms with Crippen LogP contribution in [-0.4, -0.2) is 36.0 Å². The number of anilines is 1. The smallest absolute Gasteiger partial charge is 0.262 e. The van der Waals surface area contributed by atoms with E-state index in [9.17, 15) is 8.42 Å². The molecule has 0 aliphatic heterocycles. The number of nitrogens with one attached hydrogen (secondary N) is 2. The van der Waals surface area contributed by atoms with E-state index < -0.39 is 10.2 Å². The van der Waals surface area contributed by atoms with E-state index in [4.69, 9.17) is 0 Å². The maximum Gasteiger partial charge on any atom is 0.302 e. The summed E-state index contributed by atoms with van der Waals surface area (Å²) < 4.78 is 28.0. The van der Waals surface area contributed by atoms with Gasteiger partial charge >= 0.3 is 10.2 Å². The van der Waals surface area contributed by atoms with Crippen LogP contribution in [-0.2, 0) is 10.2 Å². The molecular weight excluding hydrogens is 240 g/mol. The molecule has 6 nitrogen and oxygen atoms in total. The molecule has 0 spiro atoms. The predicted molar refractivity (Wildman–Crippen MR) is 65.8 cm³/mol. The summed E-state index contributed by atoms with van der Waals surface area (Å²) in [4.78, 5) is 0. The van der Waals surface area contributed by atoms with E-state index in [1.807, 2.05) is 0 Å². The summed E-state index contributed by atoms with van der Waals surface area (Å²) in [5, 5.41) is 6.29. The summed E-state index contributed by atoms with van der Waals surface area (Å²) in [6.07, 6.45) is 6.82. The van der Waals surface area contributed by atoms with Crippen molar-refractivity contribution < 1.29 is 8.42 Å². The Labute approximate surface area is 102 Å². The topological polar surface area (TPSA) is 78.1 Å². The van der Waals surface area contributed by atoms with Crippen LogP contribution in [0, 0.1) is 0 Å². The molecule has 96 valence electrons. The first-order chi connectivity index (χ1) is 8.09. The van der Waals surface area contributed by atoms with E-state index in [1.165, 1.54) is 16.9 Å². The highest BCUT2D eigenvalue weighted by molar-refractivity contribution is 7.90. The molecule has 1 aliphatic carbocycles. The predicted octanol–water partition coefficient (Wildman–Crippen LogP) is 1.33. The molecule has 0 amide bonds. The zero-order valence-corrected chi connectivity index (χ0v) is 10.7. The molecule has 1 fully saturated rings. The molecule has 1 aromatic rings. The van der Waals surface area contributed by atoms with Gasteiger partial charge in [0, 0.05) is 19.2 Å². The molecule has 0 saturated heterocycles. The second-order valence-electron chi connectivity index (χ2n) is 4.39. The van der Waals surface area contributed by atoms with Crippen molar-refractivity contribution >= 4 is 16.0 Å². The Hall–Kier alpha value is -1.08. The van der Waals surface area contributed by atoms with E-state index in [0.717, 1.165) is 25.7 Å². The third kappa shape index (κ3) is 2.98. The maximum atomic E-state index is 12.1. The Morgan fingerprint density at radius 2 is 2.12 bits per heavy atom. The number of nitrogens with zero attached hydrogens (tertiary/aromatic N) is 2. The van der Waals surface area contributed by atoms with Gasteiger partial charge in [0.1, 0.15) is 5.82 Å². The number of hydrogen-bond acceptors (Lipinski definition) is 3. The lowest BCUT2D eigenvalue weighted by molar-refractivity contribution is 0.287. The first-order valence-electron chi connectivity index (χ1n) is 5.85. The molecule has 1 heterocycles. The summed E-state index contributed by atoms with van der Waals surface area (Å²) >= 11 is 0. The van der Waals surface area contributed by atoms with Crippen molar-refractivity contribution in [3.8, 4) is 0 Å². The highest BCUT2D eigenvalue weighted by Crippen LogP contribution is 2.23. The summed E-state index contributed by atoms with van der Waals surface area (Å²) in [7, 11) is -1.84. The van der Waals surface area contributed by atoms with Gasteiger partial charge in [0.15, 0.2) is 0 Å². The lowest BCUT2D eigenvalue weighted by Crippen LogP contribution is -2.41. The molecule has 0 radical (unpaired) electrons. The van der Waals surface area contributed by atoms with E-state index in [0.29, 0.717) is 5.82 Å². The normalized spacial score (nSPS) is 18.5. The molecule has 0 aromatic carbocycles. The lowest BCUT2D eigenvalue weighted by atomic mass is 9.96. The van der Waals surface area contributed by atoms with Crippen LogP contribution < -0.4 is 4.72 Å². The van der Waals surface area contributed by atoms with Gasteiger partial charge in [-0.1, -0.05) is 19.3 Å². The van der Waals surface area contributed by atoms with Crippen LogP contribution in [0.5, 0.6) is 0 Å². The minimum absolute atomic E-state index is 0.115. The van der Waals surface area contributed by atoms with Crippen LogP contribution in [0.25, 0.3) is 0 Å². The van der Waals surface area contributed by atoms with E-state index in [2.05, 4.69) is 14.9 Å². The minimum Gasteiger partial charge on any atom is -0.262 e. The van der Waals surface area contributed by atoms with Gasteiger partial charge in [-0.3, -0.25) is 9.82 Å². The zero-order chi connectivity index (χ0) is 12.3. The van der Waals surface area contributed by atoms with Crippen LogP contribution in [0.2, 0.25) is 0 Å². The van der Waals surface area contributed by atoms with Crippen molar-refractivity contribution in [2.45, 2.75) is 38.1 Å². The van der Waals surface area contributed by atoms with Gasteiger partial charge < -0.3 is 0 Å². The molecule has 7 heteroatoms. The summed E-state index contributed by atoms with van der Waals surface area (Å²) in [5.41, 5.74) is 0. The Morgan fingerprint density at radius 3 is 2.71 bits per heavy atom.